The fourth-order valence-corrected chi connectivity index (χ4v) is 2.87. The van der Waals surface area contributed by atoms with Crippen molar-refractivity contribution in [2.75, 3.05) is 19.8 Å². The Morgan fingerprint density at radius 1 is 1.27 bits per heavy atom. The molecule has 0 unspecified atom stereocenters. The molecule has 4 nitrogen and oxygen atoms in total. The fraction of sp³-hybridized carbons (Fsp3) is 0.400. The minimum Gasteiger partial charge on any atom is -0.490 e. The number of fused-ring (bicyclic) bond motifs is 2. The Morgan fingerprint density at radius 3 is 2.60 bits per heavy atom. The molecular formula is C10H12O4S. The highest BCUT2D eigenvalue weighted by Gasteiger charge is 2.34. The van der Waals surface area contributed by atoms with Gasteiger partial charge in [0, 0.05) is 12.7 Å². The van der Waals surface area contributed by atoms with Crippen LogP contribution in [-0.2, 0) is 19.3 Å². The summed E-state index contributed by atoms with van der Waals surface area (Å²) >= 11 is 0. The summed E-state index contributed by atoms with van der Waals surface area (Å²) in [6.45, 7) is 3.38. The lowest BCUT2D eigenvalue weighted by Gasteiger charge is -2.06. The lowest BCUT2D eigenvalue weighted by atomic mass is 10.3. The Balaban J connectivity index is 2.02. The van der Waals surface area contributed by atoms with E-state index in [9.17, 15) is 8.42 Å². The molecule has 2 bridgehead atoms. The molecule has 0 aromatic carbocycles. The van der Waals surface area contributed by atoms with Crippen molar-refractivity contribution in [3.05, 3.63) is 33.8 Å². The summed E-state index contributed by atoms with van der Waals surface area (Å²) in [5.74, 6) is 0.437. The van der Waals surface area contributed by atoms with Crippen molar-refractivity contribution < 1.29 is 17.9 Å². The highest BCUT2D eigenvalue weighted by atomic mass is 32.2. The summed E-state index contributed by atoms with van der Waals surface area (Å²) in [5.41, 5.74) is 0. The van der Waals surface area contributed by atoms with Gasteiger partial charge in [0.15, 0.2) is 0 Å². The van der Waals surface area contributed by atoms with Gasteiger partial charge in [-0.05, 0) is 19.1 Å². The van der Waals surface area contributed by atoms with E-state index >= 15 is 0 Å². The van der Waals surface area contributed by atoms with Gasteiger partial charge >= 0.3 is 0 Å². The SMILES string of the molecule is CCOCCOC1=C2C=CC(=C1)S2(=O)=O. The van der Waals surface area contributed by atoms with E-state index in [2.05, 4.69) is 0 Å². The lowest BCUT2D eigenvalue weighted by molar-refractivity contribution is 0.0864. The number of allylic oxidation sites excluding steroid dienone is 3. The summed E-state index contributed by atoms with van der Waals surface area (Å²) < 4.78 is 33.5. The summed E-state index contributed by atoms with van der Waals surface area (Å²) in [6.07, 6.45) is 4.71. The molecule has 0 aromatic rings. The van der Waals surface area contributed by atoms with Gasteiger partial charge < -0.3 is 9.47 Å². The third-order valence-electron chi connectivity index (χ3n) is 2.20. The molecule has 0 saturated heterocycles. The van der Waals surface area contributed by atoms with Crippen LogP contribution in [-0.4, -0.2) is 28.2 Å². The van der Waals surface area contributed by atoms with Crippen molar-refractivity contribution in [2.45, 2.75) is 6.92 Å². The van der Waals surface area contributed by atoms with Crippen LogP contribution < -0.4 is 0 Å². The van der Waals surface area contributed by atoms with E-state index in [0.29, 0.717) is 30.5 Å². The smallest absolute Gasteiger partial charge is 0.210 e. The van der Waals surface area contributed by atoms with Gasteiger partial charge in [-0.25, -0.2) is 8.42 Å². The zero-order valence-electron chi connectivity index (χ0n) is 8.39. The fourth-order valence-electron chi connectivity index (χ4n) is 1.47. The molecule has 0 saturated carbocycles. The van der Waals surface area contributed by atoms with Crippen LogP contribution in [0.2, 0.25) is 0 Å². The first-order valence-corrected chi connectivity index (χ1v) is 6.24. The molecule has 2 aliphatic heterocycles. The molecule has 2 rings (SSSR count). The van der Waals surface area contributed by atoms with E-state index in [1.807, 2.05) is 6.92 Å². The Labute approximate surface area is 88.8 Å². The van der Waals surface area contributed by atoms with Crippen LogP contribution in [0.25, 0.3) is 0 Å². The number of hydrogen-bond donors (Lipinski definition) is 0. The Bertz CT molecular complexity index is 454. The van der Waals surface area contributed by atoms with Crippen molar-refractivity contribution in [3.8, 4) is 0 Å². The first-order chi connectivity index (χ1) is 7.16. The van der Waals surface area contributed by atoms with Crippen molar-refractivity contribution in [1.29, 1.82) is 0 Å². The summed E-state index contributed by atoms with van der Waals surface area (Å²) in [4.78, 5) is 0.595. The van der Waals surface area contributed by atoms with Crippen LogP contribution in [0, 0.1) is 0 Å². The van der Waals surface area contributed by atoms with E-state index in [4.69, 9.17) is 9.47 Å². The van der Waals surface area contributed by atoms with Crippen molar-refractivity contribution in [1.82, 2.24) is 0 Å². The maximum absolute atomic E-state index is 11.6. The van der Waals surface area contributed by atoms with Crippen molar-refractivity contribution >= 4 is 9.84 Å². The van der Waals surface area contributed by atoms with Gasteiger partial charge in [0.25, 0.3) is 0 Å². The Kier molecular flexibility index (Phi) is 2.67. The van der Waals surface area contributed by atoms with Crippen LogP contribution in [0.3, 0.4) is 0 Å². The number of hydrogen-bond acceptors (Lipinski definition) is 4. The monoisotopic (exact) mass is 228 g/mol. The molecule has 0 N–H and O–H groups in total. The molecule has 2 aliphatic rings. The van der Waals surface area contributed by atoms with Crippen LogP contribution >= 0.6 is 0 Å². The second kappa shape index (κ2) is 3.83. The van der Waals surface area contributed by atoms with Gasteiger partial charge in [-0.2, -0.15) is 0 Å². The van der Waals surface area contributed by atoms with Gasteiger partial charge in [-0.15, -0.1) is 0 Å². The van der Waals surface area contributed by atoms with Gasteiger partial charge in [-0.3, -0.25) is 0 Å². The quantitative estimate of drug-likeness (QED) is 0.662. The minimum atomic E-state index is -3.22. The van der Waals surface area contributed by atoms with E-state index < -0.39 is 9.84 Å². The van der Waals surface area contributed by atoms with E-state index in [-0.39, 0.29) is 4.91 Å². The maximum atomic E-state index is 11.6. The standard InChI is InChI=1S/C10H12O4S/c1-2-13-5-6-14-9-7-8-3-4-10(9)15(8,11)12/h3-4,7H,2,5-6H2,1H3. The average molecular weight is 228 g/mol. The molecule has 0 radical (unpaired) electrons. The third-order valence-corrected chi connectivity index (χ3v) is 4.00. The Hall–Kier alpha value is -1.07. The van der Waals surface area contributed by atoms with E-state index in [1.165, 1.54) is 0 Å². The average Bonchev–Trinajstić information content (AvgIpc) is 2.62. The third kappa shape index (κ3) is 1.72. The summed E-state index contributed by atoms with van der Waals surface area (Å²) in [6, 6.07) is 0. The molecular weight excluding hydrogens is 216 g/mol. The second-order valence-electron chi connectivity index (χ2n) is 3.16. The van der Waals surface area contributed by atoms with E-state index in [1.54, 1.807) is 18.2 Å². The molecule has 0 aliphatic carbocycles. The first kappa shape index (κ1) is 10.4. The van der Waals surface area contributed by atoms with Gasteiger partial charge in [0.1, 0.15) is 17.3 Å². The predicted molar refractivity (Wildman–Crippen MR) is 55.6 cm³/mol. The van der Waals surface area contributed by atoms with Crippen LogP contribution in [0.1, 0.15) is 6.92 Å². The largest absolute Gasteiger partial charge is 0.490 e. The number of sulfone groups is 1. The lowest BCUT2D eigenvalue weighted by Crippen LogP contribution is -2.04. The molecule has 0 amide bonds. The van der Waals surface area contributed by atoms with Crippen LogP contribution in [0.4, 0.5) is 0 Å². The molecule has 0 fully saturated rings. The predicted octanol–water partition coefficient (Wildman–Crippen LogP) is 1.13. The summed E-state index contributed by atoms with van der Waals surface area (Å²) in [5, 5.41) is 0. The zero-order chi connectivity index (χ0) is 10.9. The second-order valence-corrected chi connectivity index (χ2v) is 5.08. The van der Waals surface area contributed by atoms with E-state index in [0.717, 1.165) is 0 Å². The molecule has 15 heavy (non-hydrogen) atoms. The molecule has 0 spiro atoms. The highest BCUT2D eigenvalue weighted by molar-refractivity contribution is 8.00. The normalized spacial score (nSPS) is 21.0. The minimum absolute atomic E-state index is 0.272. The Morgan fingerprint density at radius 2 is 2.07 bits per heavy atom. The van der Waals surface area contributed by atoms with Crippen molar-refractivity contribution in [2.24, 2.45) is 0 Å². The number of ether oxygens (including phenoxy) is 2. The molecule has 0 atom stereocenters. The summed E-state index contributed by atoms with van der Waals surface area (Å²) in [7, 11) is -3.22. The first-order valence-electron chi connectivity index (χ1n) is 4.76. The van der Waals surface area contributed by atoms with Gasteiger partial charge in [0.05, 0.1) is 11.5 Å². The maximum Gasteiger partial charge on any atom is 0.210 e. The van der Waals surface area contributed by atoms with Crippen LogP contribution in [0.5, 0.6) is 0 Å². The highest BCUT2D eigenvalue weighted by Crippen LogP contribution is 2.37. The number of rotatable bonds is 5. The van der Waals surface area contributed by atoms with Gasteiger partial charge in [0.2, 0.25) is 9.84 Å². The molecule has 5 heteroatoms. The van der Waals surface area contributed by atoms with Crippen LogP contribution in [0.15, 0.2) is 33.8 Å². The molecule has 2 heterocycles. The topological polar surface area (TPSA) is 52.6 Å². The molecule has 0 aromatic heterocycles. The van der Waals surface area contributed by atoms with Gasteiger partial charge in [-0.1, -0.05) is 0 Å². The molecule has 82 valence electrons. The van der Waals surface area contributed by atoms with Crippen molar-refractivity contribution in [3.63, 3.8) is 0 Å². The zero-order valence-corrected chi connectivity index (χ0v) is 9.21.